The summed E-state index contributed by atoms with van der Waals surface area (Å²) < 4.78 is 34.0. The molecule has 0 bridgehead atoms. The molecule has 1 saturated heterocycles. The van der Waals surface area contributed by atoms with Gasteiger partial charge in [-0.05, 0) is 44.0 Å². The molecule has 8 heteroatoms. The Balaban J connectivity index is 1.91. The van der Waals surface area contributed by atoms with Crippen molar-refractivity contribution in [2.75, 3.05) is 12.0 Å². The third-order valence-electron chi connectivity index (χ3n) is 4.65. The standard InChI is InChI=1S/C21H24N2O5S/c1-21(2,14-15-7-5-4-6-8-15)22-29(26,27)16-9-10-18(28-3)17(13-16)23-19(24)11-12-20(23)25/h4-10,13,22H,11-12,14H2,1-3H3. The number of hydrogen-bond acceptors (Lipinski definition) is 5. The van der Waals surface area contributed by atoms with Crippen LogP contribution >= 0.6 is 0 Å². The summed E-state index contributed by atoms with van der Waals surface area (Å²) in [6.07, 6.45) is 0.696. The number of nitrogens with one attached hydrogen (secondary N) is 1. The van der Waals surface area contributed by atoms with E-state index in [1.54, 1.807) is 13.8 Å². The lowest BCUT2D eigenvalue weighted by atomic mass is 9.96. The van der Waals surface area contributed by atoms with Crippen LogP contribution in [0.15, 0.2) is 53.4 Å². The number of imide groups is 1. The van der Waals surface area contributed by atoms with Crippen molar-refractivity contribution < 1.29 is 22.7 Å². The molecule has 0 spiro atoms. The van der Waals surface area contributed by atoms with Crippen LogP contribution in [-0.2, 0) is 26.0 Å². The van der Waals surface area contributed by atoms with E-state index >= 15 is 0 Å². The van der Waals surface area contributed by atoms with Crippen molar-refractivity contribution in [3.63, 3.8) is 0 Å². The Morgan fingerprint density at radius 2 is 1.66 bits per heavy atom. The molecule has 154 valence electrons. The second-order valence-corrected chi connectivity index (χ2v) is 9.29. The van der Waals surface area contributed by atoms with Crippen LogP contribution in [0.3, 0.4) is 0 Å². The van der Waals surface area contributed by atoms with Gasteiger partial charge >= 0.3 is 0 Å². The molecule has 0 saturated carbocycles. The highest BCUT2D eigenvalue weighted by Crippen LogP contribution is 2.34. The Morgan fingerprint density at radius 3 is 2.24 bits per heavy atom. The van der Waals surface area contributed by atoms with E-state index < -0.39 is 15.6 Å². The molecule has 2 aromatic carbocycles. The van der Waals surface area contributed by atoms with Gasteiger partial charge in [0.05, 0.1) is 17.7 Å². The molecule has 0 radical (unpaired) electrons. The molecule has 1 aliphatic rings. The zero-order valence-electron chi connectivity index (χ0n) is 16.6. The van der Waals surface area contributed by atoms with Crippen LogP contribution < -0.4 is 14.4 Å². The van der Waals surface area contributed by atoms with Crippen molar-refractivity contribution in [2.45, 2.75) is 43.5 Å². The number of ether oxygens (including phenoxy) is 1. The first-order valence-corrected chi connectivity index (χ1v) is 10.7. The van der Waals surface area contributed by atoms with Gasteiger partial charge in [-0.2, -0.15) is 0 Å². The summed E-state index contributed by atoms with van der Waals surface area (Å²) in [5.41, 5.74) is 0.396. The number of methoxy groups -OCH3 is 1. The van der Waals surface area contributed by atoms with Crippen LogP contribution in [0.25, 0.3) is 0 Å². The minimum absolute atomic E-state index is 0.0399. The molecule has 3 rings (SSSR count). The summed E-state index contributed by atoms with van der Waals surface area (Å²) in [5, 5.41) is 0. The molecular formula is C21H24N2O5S. The van der Waals surface area contributed by atoms with E-state index in [1.165, 1.54) is 25.3 Å². The second-order valence-electron chi connectivity index (χ2n) is 7.61. The smallest absolute Gasteiger partial charge is 0.241 e. The zero-order chi connectivity index (χ0) is 21.2. The van der Waals surface area contributed by atoms with Gasteiger partial charge in [0.25, 0.3) is 0 Å². The fourth-order valence-electron chi connectivity index (χ4n) is 3.42. The summed E-state index contributed by atoms with van der Waals surface area (Å²) >= 11 is 0. The van der Waals surface area contributed by atoms with Gasteiger partial charge in [0.2, 0.25) is 21.8 Å². The average molecular weight is 416 g/mol. The predicted octanol–water partition coefficient (Wildman–Crippen LogP) is 2.65. The van der Waals surface area contributed by atoms with Gasteiger partial charge in [-0.15, -0.1) is 0 Å². The van der Waals surface area contributed by atoms with Crippen LogP contribution in [0, 0.1) is 0 Å². The van der Waals surface area contributed by atoms with Crippen LogP contribution in [-0.4, -0.2) is 32.9 Å². The molecule has 7 nitrogen and oxygen atoms in total. The van der Waals surface area contributed by atoms with Crippen molar-refractivity contribution in [3.8, 4) is 5.75 Å². The lowest BCUT2D eigenvalue weighted by molar-refractivity contribution is -0.121. The molecule has 1 aliphatic heterocycles. The predicted molar refractivity (Wildman–Crippen MR) is 109 cm³/mol. The summed E-state index contributed by atoms with van der Waals surface area (Å²) in [5.74, 6) is -0.489. The molecule has 1 heterocycles. The highest BCUT2D eigenvalue weighted by atomic mass is 32.2. The Kier molecular flexibility index (Phi) is 5.77. The highest BCUT2D eigenvalue weighted by Gasteiger charge is 2.34. The Labute approximate surface area is 170 Å². The minimum atomic E-state index is -3.90. The third-order valence-corrected chi connectivity index (χ3v) is 6.35. The van der Waals surface area contributed by atoms with Gasteiger partial charge in [-0.25, -0.2) is 18.0 Å². The van der Waals surface area contributed by atoms with Gasteiger partial charge in [0.1, 0.15) is 5.75 Å². The summed E-state index contributed by atoms with van der Waals surface area (Å²) in [7, 11) is -2.50. The largest absolute Gasteiger partial charge is 0.495 e. The molecular weight excluding hydrogens is 392 g/mol. The lowest BCUT2D eigenvalue weighted by Crippen LogP contribution is -2.45. The van der Waals surface area contributed by atoms with Crippen LogP contribution in [0.4, 0.5) is 5.69 Å². The third kappa shape index (κ3) is 4.65. The summed E-state index contributed by atoms with van der Waals surface area (Å²) in [6, 6.07) is 13.7. The number of carbonyl (C=O) groups excluding carboxylic acids is 2. The van der Waals surface area contributed by atoms with E-state index in [-0.39, 0.29) is 41.0 Å². The maximum atomic E-state index is 13.0. The van der Waals surface area contributed by atoms with Crippen molar-refractivity contribution in [1.82, 2.24) is 4.72 Å². The number of carbonyl (C=O) groups is 2. The van der Waals surface area contributed by atoms with Crippen LogP contribution in [0.5, 0.6) is 5.75 Å². The van der Waals surface area contributed by atoms with E-state index in [0.29, 0.717) is 6.42 Å². The van der Waals surface area contributed by atoms with Crippen molar-refractivity contribution >= 4 is 27.5 Å². The molecule has 1 fully saturated rings. The Bertz CT molecular complexity index is 1020. The SMILES string of the molecule is COc1ccc(S(=O)(=O)NC(C)(C)Cc2ccccc2)cc1N1C(=O)CCC1=O. The molecule has 0 aliphatic carbocycles. The maximum absolute atomic E-state index is 13.0. The minimum Gasteiger partial charge on any atom is -0.495 e. The Morgan fingerprint density at radius 1 is 1.03 bits per heavy atom. The van der Waals surface area contributed by atoms with Gasteiger partial charge < -0.3 is 4.74 Å². The summed E-state index contributed by atoms with van der Waals surface area (Å²) in [4.78, 5) is 25.2. The van der Waals surface area contributed by atoms with Crippen LogP contribution in [0.2, 0.25) is 0 Å². The van der Waals surface area contributed by atoms with Crippen molar-refractivity contribution in [3.05, 3.63) is 54.1 Å². The monoisotopic (exact) mass is 416 g/mol. The second kappa shape index (κ2) is 7.96. The van der Waals surface area contributed by atoms with Crippen molar-refractivity contribution in [2.24, 2.45) is 0 Å². The number of benzene rings is 2. The quantitative estimate of drug-likeness (QED) is 0.701. The van der Waals surface area contributed by atoms with Gasteiger partial charge in [-0.1, -0.05) is 30.3 Å². The van der Waals surface area contributed by atoms with Crippen molar-refractivity contribution in [1.29, 1.82) is 0 Å². The first kappa shape index (κ1) is 21.0. The molecule has 0 atom stereocenters. The van der Waals surface area contributed by atoms with Crippen LogP contribution in [0.1, 0.15) is 32.3 Å². The molecule has 29 heavy (non-hydrogen) atoms. The number of amides is 2. The fourth-order valence-corrected chi connectivity index (χ4v) is 4.85. The van der Waals surface area contributed by atoms with E-state index in [2.05, 4.69) is 4.72 Å². The first-order chi connectivity index (χ1) is 13.6. The van der Waals surface area contributed by atoms with E-state index in [9.17, 15) is 18.0 Å². The first-order valence-electron chi connectivity index (χ1n) is 9.25. The van der Waals surface area contributed by atoms with Gasteiger partial charge in [0.15, 0.2) is 0 Å². The molecule has 0 aromatic heterocycles. The number of hydrogen-bond donors (Lipinski definition) is 1. The number of anilines is 1. The zero-order valence-corrected chi connectivity index (χ0v) is 17.5. The number of rotatable bonds is 7. The normalized spacial score (nSPS) is 15.1. The van der Waals surface area contributed by atoms with E-state index in [0.717, 1.165) is 10.5 Å². The van der Waals surface area contributed by atoms with Gasteiger partial charge in [-0.3, -0.25) is 9.59 Å². The fraction of sp³-hybridized carbons (Fsp3) is 0.333. The lowest BCUT2D eigenvalue weighted by Gasteiger charge is -2.26. The Hall–Kier alpha value is -2.71. The molecule has 0 unspecified atom stereocenters. The maximum Gasteiger partial charge on any atom is 0.241 e. The highest BCUT2D eigenvalue weighted by molar-refractivity contribution is 7.89. The molecule has 1 N–H and O–H groups in total. The van der Waals surface area contributed by atoms with Gasteiger partial charge in [0, 0.05) is 18.4 Å². The molecule has 2 aromatic rings. The summed E-state index contributed by atoms with van der Waals surface area (Å²) in [6.45, 7) is 3.60. The number of nitrogens with zero attached hydrogens (tertiary/aromatic N) is 1. The van der Waals surface area contributed by atoms with E-state index in [1.807, 2.05) is 30.3 Å². The topological polar surface area (TPSA) is 92.8 Å². The molecule has 2 amide bonds. The average Bonchev–Trinajstić information content (AvgIpc) is 2.99. The number of sulfonamides is 1. The van der Waals surface area contributed by atoms with E-state index in [4.69, 9.17) is 4.74 Å².